The van der Waals surface area contributed by atoms with Crippen molar-refractivity contribution in [1.82, 2.24) is 15.1 Å². The first-order valence-electron chi connectivity index (χ1n) is 8.77. The summed E-state index contributed by atoms with van der Waals surface area (Å²) >= 11 is 0. The highest BCUT2D eigenvalue weighted by molar-refractivity contribution is 5.91. The number of amides is 2. The minimum Gasteiger partial charge on any atom is -0.450 e. The molecule has 1 aromatic carbocycles. The first kappa shape index (κ1) is 19.2. The van der Waals surface area contributed by atoms with Gasteiger partial charge in [-0.05, 0) is 31.7 Å². The fraction of sp³-hybridized carbons (Fsp3) is 0.556. The summed E-state index contributed by atoms with van der Waals surface area (Å²) < 4.78 is 4.75. The van der Waals surface area contributed by atoms with E-state index in [1.54, 1.807) is 6.92 Å². The van der Waals surface area contributed by atoms with Crippen molar-refractivity contribution >= 4 is 17.7 Å². The summed E-state index contributed by atoms with van der Waals surface area (Å²) in [5.41, 5.74) is 1.97. The van der Waals surface area contributed by atoms with Gasteiger partial charge in [0.25, 0.3) is 0 Å². The topological polar surface area (TPSA) is 73.9 Å². The highest BCUT2D eigenvalue weighted by Gasteiger charge is 2.14. The molecule has 2 amide bonds. The number of piperazine rings is 1. The highest BCUT2D eigenvalue weighted by atomic mass is 16.5. The molecular weight excluding hydrogens is 320 g/mol. The Morgan fingerprint density at radius 2 is 1.96 bits per heavy atom. The molecule has 0 saturated carbocycles. The molecule has 1 aromatic rings. The standard InChI is InChI=1S/C18H28N4O3/c1-3-25-18(24)19-8-7-17(23)20-16-6-4-5-15(13-16)14-22-11-9-21(2)10-12-22/h4-6,13H,3,7-12,14H2,1-2H3,(H,19,24)(H,20,23). The molecule has 1 saturated heterocycles. The number of hydrogen-bond acceptors (Lipinski definition) is 5. The van der Waals surface area contributed by atoms with Crippen LogP contribution in [0, 0.1) is 0 Å². The van der Waals surface area contributed by atoms with Crippen LogP contribution in [0.1, 0.15) is 18.9 Å². The molecule has 0 aliphatic carbocycles. The Morgan fingerprint density at radius 1 is 1.20 bits per heavy atom. The number of alkyl carbamates (subject to hydrolysis) is 1. The van der Waals surface area contributed by atoms with Gasteiger partial charge in [-0.15, -0.1) is 0 Å². The molecular formula is C18H28N4O3. The number of carbonyl (C=O) groups excluding carboxylic acids is 2. The molecule has 1 aliphatic heterocycles. The third-order valence-electron chi connectivity index (χ3n) is 4.11. The molecule has 0 bridgehead atoms. The van der Waals surface area contributed by atoms with Crippen LogP contribution in [-0.4, -0.2) is 68.2 Å². The van der Waals surface area contributed by atoms with E-state index >= 15 is 0 Å². The summed E-state index contributed by atoms with van der Waals surface area (Å²) in [4.78, 5) is 27.9. The number of carbonyl (C=O) groups is 2. The van der Waals surface area contributed by atoms with Gasteiger partial charge in [-0.1, -0.05) is 12.1 Å². The molecule has 7 nitrogen and oxygen atoms in total. The summed E-state index contributed by atoms with van der Waals surface area (Å²) in [6.45, 7) is 7.50. The Hall–Kier alpha value is -2.12. The predicted octanol–water partition coefficient (Wildman–Crippen LogP) is 1.51. The maximum atomic E-state index is 12.0. The SMILES string of the molecule is CCOC(=O)NCCC(=O)Nc1cccc(CN2CCN(C)CC2)c1. The number of nitrogens with zero attached hydrogens (tertiary/aromatic N) is 2. The zero-order valence-electron chi connectivity index (χ0n) is 15.1. The second kappa shape index (κ2) is 10.0. The van der Waals surface area contributed by atoms with Gasteiger partial charge in [-0.3, -0.25) is 9.69 Å². The number of benzene rings is 1. The van der Waals surface area contributed by atoms with Crippen molar-refractivity contribution in [2.24, 2.45) is 0 Å². The minimum atomic E-state index is -0.496. The van der Waals surface area contributed by atoms with Crippen molar-refractivity contribution in [2.75, 3.05) is 51.7 Å². The number of ether oxygens (including phenoxy) is 1. The molecule has 1 heterocycles. The van der Waals surface area contributed by atoms with Crippen LogP contribution in [0.5, 0.6) is 0 Å². The molecule has 2 N–H and O–H groups in total. The van der Waals surface area contributed by atoms with E-state index in [1.165, 1.54) is 5.56 Å². The van der Waals surface area contributed by atoms with E-state index in [4.69, 9.17) is 4.74 Å². The van der Waals surface area contributed by atoms with E-state index in [1.807, 2.05) is 18.2 Å². The van der Waals surface area contributed by atoms with E-state index in [0.717, 1.165) is 38.4 Å². The summed E-state index contributed by atoms with van der Waals surface area (Å²) in [6.07, 6.45) is -0.286. The Balaban J connectivity index is 1.76. The highest BCUT2D eigenvalue weighted by Crippen LogP contribution is 2.14. The van der Waals surface area contributed by atoms with Crippen LogP contribution in [0.3, 0.4) is 0 Å². The van der Waals surface area contributed by atoms with Gasteiger partial charge >= 0.3 is 6.09 Å². The van der Waals surface area contributed by atoms with E-state index < -0.39 is 6.09 Å². The molecule has 7 heteroatoms. The average molecular weight is 348 g/mol. The van der Waals surface area contributed by atoms with Gasteiger partial charge in [0, 0.05) is 51.4 Å². The van der Waals surface area contributed by atoms with Crippen LogP contribution >= 0.6 is 0 Å². The van der Waals surface area contributed by atoms with Gasteiger partial charge in [-0.2, -0.15) is 0 Å². The quantitative estimate of drug-likeness (QED) is 0.781. The summed E-state index contributed by atoms with van der Waals surface area (Å²) in [6, 6.07) is 7.92. The zero-order valence-corrected chi connectivity index (χ0v) is 15.1. The lowest BCUT2D eigenvalue weighted by Gasteiger charge is -2.32. The summed E-state index contributed by atoms with van der Waals surface area (Å²) in [5.74, 6) is -0.131. The van der Waals surface area contributed by atoms with Crippen LogP contribution in [0.15, 0.2) is 24.3 Å². The lowest BCUT2D eigenvalue weighted by Crippen LogP contribution is -2.43. The molecule has 0 aromatic heterocycles. The van der Waals surface area contributed by atoms with Gasteiger partial charge in [0.05, 0.1) is 6.61 Å². The van der Waals surface area contributed by atoms with Crippen molar-refractivity contribution in [3.8, 4) is 0 Å². The fourth-order valence-corrected chi connectivity index (χ4v) is 2.70. The van der Waals surface area contributed by atoms with Gasteiger partial charge in [0.2, 0.25) is 5.91 Å². The van der Waals surface area contributed by atoms with Gasteiger partial charge in [0.15, 0.2) is 0 Å². The van der Waals surface area contributed by atoms with Crippen LogP contribution < -0.4 is 10.6 Å². The van der Waals surface area contributed by atoms with Gasteiger partial charge in [-0.25, -0.2) is 4.79 Å². The molecule has 25 heavy (non-hydrogen) atoms. The van der Waals surface area contributed by atoms with E-state index in [9.17, 15) is 9.59 Å². The van der Waals surface area contributed by atoms with Crippen LogP contribution in [0.4, 0.5) is 10.5 Å². The number of likely N-dealkylation sites (N-methyl/N-ethyl adjacent to an activating group) is 1. The first-order chi connectivity index (χ1) is 12.1. The second-order valence-corrected chi connectivity index (χ2v) is 6.23. The zero-order chi connectivity index (χ0) is 18.1. The number of hydrogen-bond donors (Lipinski definition) is 2. The van der Waals surface area contributed by atoms with E-state index in [-0.39, 0.29) is 18.9 Å². The number of rotatable bonds is 7. The maximum absolute atomic E-state index is 12.0. The van der Waals surface area contributed by atoms with Crippen molar-refractivity contribution < 1.29 is 14.3 Å². The fourth-order valence-electron chi connectivity index (χ4n) is 2.70. The van der Waals surface area contributed by atoms with Crippen LogP contribution in [-0.2, 0) is 16.1 Å². The van der Waals surface area contributed by atoms with Crippen molar-refractivity contribution in [3.05, 3.63) is 29.8 Å². The Labute approximate surface area is 149 Å². The molecule has 2 rings (SSSR count). The predicted molar refractivity (Wildman–Crippen MR) is 97.5 cm³/mol. The smallest absolute Gasteiger partial charge is 0.407 e. The molecule has 0 spiro atoms. The summed E-state index contributed by atoms with van der Waals surface area (Å²) in [7, 11) is 2.14. The minimum absolute atomic E-state index is 0.131. The molecule has 0 atom stereocenters. The number of nitrogens with one attached hydrogen (secondary N) is 2. The Morgan fingerprint density at radius 3 is 2.68 bits per heavy atom. The molecule has 1 fully saturated rings. The lowest BCUT2D eigenvalue weighted by molar-refractivity contribution is -0.116. The van der Waals surface area contributed by atoms with Crippen LogP contribution in [0.25, 0.3) is 0 Å². The monoisotopic (exact) mass is 348 g/mol. The number of anilines is 1. The third kappa shape index (κ3) is 7.11. The van der Waals surface area contributed by atoms with E-state index in [0.29, 0.717) is 6.61 Å². The Kier molecular flexibility index (Phi) is 7.69. The van der Waals surface area contributed by atoms with Crippen molar-refractivity contribution in [3.63, 3.8) is 0 Å². The van der Waals surface area contributed by atoms with E-state index in [2.05, 4.69) is 33.5 Å². The van der Waals surface area contributed by atoms with Crippen molar-refractivity contribution in [2.45, 2.75) is 19.9 Å². The third-order valence-corrected chi connectivity index (χ3v) is 4.11. The molecule has 0 unspecified atom stereocenters. The molecule has 138 valence electrons. The maximum Gasteiger partial charge on any atom is 0.407 e. The Bertz CT molecular complexity index is 571. The van der Waals surface area contributed by atoms with Gasteiger partial charge < -0.3 is 20.3 Å². The molecule has 0 radical (unpaired) electrons. The first-order valence-corrected chi connectivity index (χ1v) is 8.77. The van der Waals surface area contributed by atoms with Crippen LogP contribution in [0.2, 0.25) is 0 Å². The van der Waals surface area contributed by atoms with Crippen molar-refractivity contribution in [1.29, 1.82) is 0 Å². The second-order valence-electron chi connectivity index (χ2n) is 6.23. The molecule has 1 aliphatic rings. The lowest BCUT2D eigenvalue weighted by atomic mass is 10.1. The normalized spacial score (nSPS) is 15.6. The van der Waals surface area contributed by atoms with Gasteiger partial charge in [0.1, 0.15) is 0 Å². The average Bonchev–Trinajstić information content (AvgIpc) is 2.57. The summed E-state index contributed by atoms with van der Waals surface area (Å²) in [5, 5.41) is 5.41. The largest absolute Gasteiger partial charge is 0.450 e.